The van der Waals surface area contributed by atoms with E-state index in [-0.39, 0.29) is 11.6 Å². The van der Waals surface area contributed by atoms with E-state index in [1.54, 1.807) is 0 Å². The third kappa shape index (κ3) is 2.73. The van der Waals surface area contributed by atoms with Crippen molar-refractivity contribution in [2.45, 2.75) is 57.4 Å². The Kier molecular flexibility index (Phi) is 2.76. The van der Waals surface area contributed by atoms with E-state index >= 15 is 0 Å². The van der Waals surface area contributed by atoms with E-state index < -0.39 is 12.2 Å². The lowest BCUT2D eigenvalue weighted by atomic mass is 10.1. The van der Waals surface area contributed by atoms with Gasteiger partial charge in [-0.05, 0) is 33.6 Å². The molecule has 0 bridgehead atoms. The molecule has 0 radical (unpaired) electrons. The summed E-state index contributed by atoms with van der Waals surface area (Å²) in [7, 11) is 0. The van der Waals surface area contributed by atoms with Gasteiger partial charge in [0, 0.05) is 11.6 Å². The summed E-state index contributed by atoms with van der Waals surface area (Å²) in [5.41, 5.74) is 0.0639. The predicted octanol–water partition coefficient (Wildman–Crippen LogP) is 0.259. The summed E-state index contributed by atoms with van der Waals surface area (Å²) >= 11 is 0. The highest BCUT2D eigenvalue weighted by molar-refractivity contribution is 4.90. The number of hydrogen-bond donors (Lipinski definition) is 3. The molecule has 3 heteroatoms. The number of aliphatic hydroxyl groups is 2. The van der Waals surface area contributed by atoms with Gasteiger partial charge in [0.2, 0.25) is 0 Å². The van der Waals surface area contributed by atoms with Crippen LogP contribution in [-0.4, -0.2) is 34.0 Å². The van der Waals surface area contributed by atoms with Crippen molar-refractivity contribution >= 4 is 0 Å². The molecule has 0 saturated heterocycles. The third-order valence-corrected chi connectivity index (χ3v) is 2.13. The first-order valence-electron chi connectivity index (χ1n) is 4.52. The lowest BCUT2D eigenvalue weighted by molar-refractivity contribution is 0.0438. The first-order valence-corrected chi connectivity index (χ1v) is 4.52. The van der Waals surface area contributed by atoms with Crippen molar-refractivity contribution < 1.29 is 10.2 Å². The number of nitrogens with one attached hydrogen (secondary N) is 1. The molecule has 3 N–H and O–H groups in total. The molecule has 0 heterocycles. The smallest absolute Gasteiger partial charge is 0.0814 e. The van der Waals surface area contributed by atoms with E-state index in [4.69, 9.17) is 0 Å². The van der Waals surface area contributed by atoms with Crippen molar-refractivity contribution in [2.75, 3.05) is 0 Å². The van der Waals surface area contributed by atoms with Gasteiger partial charge in [0.1, 0.15) is 0 Å². The summed E-state index contributed by atoms with van der Waals surface area (Å²) < 4.78 is 0. The molecule has 0 amide bonds. The molecule has 72 valence electrons. The highest BCUT2D eigenvalue weighted by Gasteiger charge is 2.32. The molecule has 1 aliphatic carbocycles. The van der Waals surface area contributed by atoms with Gasteiger partial charge in [-0.2, -0.15) is 0 Å². The molecule has 0 aliphatic heterocycles. The Balaban J connectivity index is 2.38. The summed E-state index contributed by atoms with van der Waals surface area (Å²) in [4.78, 5) is 0. The van der Waals surface area contributed by atoms with Gasteiger partial charge in [0.05, 0.1) is 12.2 Å². The highest BCUT2D eigenvalue weighted by Crippen LogP contribution is 2.21. The molecule has 1 unspecified atom stereocenters. The number of rotatable bonds is 1. The third-order valence-electron chi connectivity index (χ3n) is 2.13. The second-order valence-electron chi connectivity index (χ2n) is 4.70. The maximum Gasteiger partial charge on any atom is 0.0814 e. The van der Waals surface area contributed by atoms with Crippen LogP contribution < -0.4 is 5.32 Å². The molecule has 1 fully saturated rings. The summed E-state index contributed by atoms with van der Waals surface area (Å²) in [6.45, 7) is 6.26. The van der Waals surface area contributed by atoms with Gasteiger partial charge < -0.3 is 15.5 Å². The van der Waals surface area contributed by atoms with Gasteiger partial charge in [0.15, 0.2) is 0 Å². The minimum Gasteiger partial charge on any atom is -0.390 e. The van der Waals surface area contributed by atoms with Crippen molar-refractivity contribution in [2.24, 2.45) is 0 Å². The van der Waals surface area contributed by atoms with Crippen LogP contribution in [0.3, 0.4) is 0 Å². The van der Waals surface area contributed by atoms with Gasteiger partial charge in [-0.15, -0.1) is 0 Å². The molecule has 0 aromatic heterocycles. The van der Waals surface area contributed by atoms with Crippen LogP contribution in [0.4, 0.5) is 0 Å². The van der Waals surface area contributed by atoms with Crippen molar-refractivity contribution in [3.8, 4) is 0 Å². The largest absolute Gasteiger partial charge is 0.390 e. The van der Waals surface area contributed by atoms with Gasteiger partial charge in [-0.3, -0.25) is 0 Å². The fraction of sp³-hybridized carbons (Fsp3) is 1.00. The van der Waals surface area contributed by atoms with Crippen LogP contribution >= 0.6 is 0 Å². The fourth-order valence-corrected chi connectivity index (χ4v) is 1.72. The van der Waals surface area contributed by atoms with Crippen LogP contribution in [0.2, 0.25) is 0 Å². The molecule has 3 nitrogen and oxygen atoms in total. The summed E-state index contributed by atoms with van der Waals surface area (Å²) in [5, 5.41) is 21.9. The maximum atomic E-state index is 9.27. The monoisotopic (exact) mass is 173 g/mol. The Hall–Kier alpha value is -0.120. The summed E-state index contributed by atoms with van der Waals surface area (Å²) in [6.07, 6.45) is 0.256. The van der Waals surface area contributed by atoms with E-state index in [2.05, 4.69) is 26.1 Å². The zero-order valence-corrected chi connectivity index (χ0v) is 8.04. The molecule has 0 spiro atoms. The molecule has 3 atom stereocenters. The van der Waals surface area contributed by atoms with E-state index in [0.717, 1.165) is 0 Å². The summed E-state index contributed by atoms with van der Waals surface area (Å²) in [5.74, 6) is 0. The number of aliphatic hydroxyl groups excluding tert-OH is 2. The highest BCUT2D eigenvalue weighted by atomic mass is 16.3. The second kappa shape index (κ2) is 3.32. The van der Waals surface area contributed by atoms with Gasteiger partial charge in [-0.25, -0.2) is 0 Å². The van der Waals surface area contributed by atoms with Gasteiger partial charge in [-0.1, -0.05) is 0 Å². The SMILES string of the molecule is CC(C)(C)NC1C[C@@H](O)[C@@H](O)C1. The van der Waals surface area contributed by atoms with Crippen LogP contribution in [-0.2, 0) is 0 Å². The molecule has 0 aromatic carbocycles. The van der Waals surface area contributed by atoms with E-state index in [0.29, 0.717) is 12.8 Å². The molecule has 0 aromatic rings. The minimum atomic E-state index is -0.537. The fourth-order valence-electron chi connectivity index (χ4n) is 1.72. The lowest BCUT2D eigenvalue weighted by Gasteiger charge is -2.25. The molecule has 1 rings (SSSR count). The Bertz CT molecular complexity index is 143. The normalized spacial score (nSPS) is 37.2. The Labute approximate surface area is 73.8 Å². The van der Waals surface area contributed by atoms with Crippen molar-refractivity contribution in [1.29, 1.82) is 0 Å². The average Bonchev–Trinajstić information content (AvgIpc) is 2.07. The lowest BCUT2D eigenvalue weighted by Crippen LogP contribution is -2.42. The van der Waals surface area contributed by atoms with Gasteiger partial charge in [0.25, 0.3) is 0 Å². The van der Waals surface area contributed by atoms with Crippen molar-refractivity contribution in [3.05, 3.63) is 0 Å². The summed E-state index contributed by atoms with van der Waals surface area (Å²) in [6, 6.07) is 0.259. The van der Waals surface area contributed by atoms with E-state index in [9.17, 15) is 10.2 Å². The van der Waals surface area contributed by atoms with Crippen LogP contribution in [0, 0.1) is 0 Å². The minimum absolute atomic E-state index is 0.0639. The predicted molar refractivity (Wildman–Crippen MR) is 47.9 cm³/mol. The van der Waals surface area contributed by atoms with E-state index in [1.165, 1.54) is 0 Å². The molecule has 1 saturated carbocycles. The first kappa shape index (κ1) is 9.96. The topological polar surface area (TPSA) is 52.5 Å². The molecular weight excluding hydrogens is 154 g/mol. The van der Waals surface area contributed by atoms with Crippen LogP contribution in [0.5, 0.6) is 0 Å². The molecule has 12 heavy (non-hydrogen) atoms. The first-order chi connectivity index (χ1) is 5.38. The van der Waals surface area contributed by atoms with E-state index in [1.807, 2.05) is 0 Å². The Morgan fingerprint density at radius 3 is 1.83 bits per heavy atom. The molecular formula is C9H19NO2. The maximum absolute atomic E-state index is 9.27. The zero-order chi connectivity index (χ0) is 9.35. The Morgan fingerprint density at radius 2 is 1.50 bits per heavy atom. The second-order valence-corrected chi connectivity index (χ2v) is 4.70. The zero-order valence-electron chi connectivity index (χ0n) is 8.04. The van der Waals surface area contributed by atoms with Crippen LogP contribution in [0.25, 0.3) is 0 Å². The van der Waals surface area contributed by atoms with Crippen LogP contribution in [0.1, 0.15) is 33.6 Å². The quantitative estimate of drug-likeness (QED) is 0.533. The standard InChI is InChI=1S/C9H19NO2/c1-9(2,3)10-6-4-7(11)8(12)5-6/h6-8,10-12H,4-5H2,1-3H3/t6?,7-,8+. The van der Waals surface area contributed by atoms with Crippen molar-refractivity contribution in [1.82, 2.24) is 5.32 Å². The molecule has 1 aliphatic rings. The number of hydrogen-bond acceptors (Lipinski definition) is 3. The van der Waals surface area contributed by atoms with Gasteiger partial charge >= 0.3 is 0 Å². The van der Waals surface area contributed by atoms with Crippen molar-refractivity contribution in [3.63, 3.8) is 0 Å². The van der Waals surface area contributed by atoms with Crippen LogP contribution in [0.15, 0.2) is 0 Å². The average molecular weight is 173 g/mol. The Morgan fingerprint density at radius 1 is 1.08 bits per heavy atom.